The molecule has 82 valence electrons. The molecule has 0 atom stereocenters. The topological polar surface area (TPSA) is 0 Å². The lowest BCUT2D eigenvalue weighted by molar-refractivity contribution is 0.579. The molecule has 0 N–H and O–H groups in total. The molecule has 0 saturated carbocycles. The Morgan fingerprint density at radius 1 is 1.27 bits per heavy atom. The molecule has 0 unspecified atom stereocenters. The van der Waals surface area contributed by atoms with E-state index in [0.29, 0.717) is 0 Å². The number of benzene rings is 1. The molecule has 0 aromatic heterocycles. The number of hydrogen-bond acceptors (Lipinski definition) is 1. The fourth-order valence-corrected chi connectivity index (χ4v) is 2.25. The van der Waals surface area contributed by atoms with E-state index in [0.717, 1.165) is 5.92 Å². The Labute approximate surface area is 97.8 Å². The Morgan fingerprint density at radius 2 is 1.93 bits per heavy atom. The van der Waals surface area contributed by atoms with Crippen molar-refractivity contribution in [3.8, 4) is 0 Å². The van der Waals surface area contributed by atoms with Crippen LogP contribution in [0.5, 0.6) is 0 Å². The maximum atomic E-state index is 4.10. The van der Waals surface area contributed by atoms with Crippen molar-refractivity contribution in [1.82, 2.24) is 0 Å². The first-order chi connectivity index (χ1) is 7.20. The van der Waals surface area contributed by atoms with Gasteiger partial charge in [-0.15, -0.1) is 11.8 Å². The van der Waals surface area contributed by atoms with E-state index < -0.39 is 0 Å². The predicted octanol–water partition coefficient (Wildman–Crippen LogP) is 4.83. The van der Waals surface area contributed by atoms with Crippen LogP contribution in [0.3, 0.4) is 0 Å². The van der Waals surface area contributed by atoms with Crippen LogP contribution < -0.4 is 0 Å². The average Bonchev–Trinajstić information content (AvgIpc) is 2.25. The molecular formula is C14H20S. The molecule has 0 bridgehead atoms. The largest absolute Gasteiger partial charge is 0.126 e. The summed E-state index contributed by atoms with van der Waals surface area (Å²) < 4.78 is 0. The molecule has 0 saturated heterocycles. The molecule has 15 heavy (non-hydrogen) atoms. The van der Waals surface area contributed by atoms with E-state index in [2.05, 4.69) is 44.7 Å². The summed E-state index contributed by atoms with van der Waals surface area (Å²) in [4.78, 5) is 1.19. The van der Waals surface area contributed by atoms with Crippen LogP contribution in [-0.4, -0.2) is 5.75 Å². The van der Waals surface area contributed by atoms with Gasteiger partial charge in [0.15, 0.2) is 0 Å². The highest BCUT2D eigenvalue weighted by molar-refractivity contribution is 8.08. The van der Waals surface area contributed by atoms with Crippen molar-refractivity contribution < 1.29 is 0 Å². The zero-order valence-electron chi connectivity index (χ0n) is 9.70. The van der Waals surface area contributed by atoms with Gasteiger partial charge in [-0.1, -0.05) is 57.2 Å². The van der Waals surface area contributed by atoms with Crippen LogP contribution in [-0.2, 0) is 0 Å². The van der Waals surface area contributed by atoms with E-state index >= 15 is 0 Å². The normalized spacial score (nSPS) is 10.6. The second-order valence-corrected chi connectivity index (χ2v) is 5.36. The molecule has 1 aromatic rings. The zero-order chi connectivity index (χ0) is 11.1. The first-order valence-corrected chi connectivity index (χ1v) is 6.56. The highest BCUT2D eigenvalue weighted by Gasteiger charge is 1.99. The minimum Gasteiger partial charge on any atom is -0.126 e. The van der Waals surface area contributed by atoms with Crippen molar-refractivity contribution in [1.29, 1.82) is 0 Å². The van der Waals surface area contributed by atoms with Crippen molar-refractivity contribution in [3.05, 3.63) is 42.5 Å². The lowest BCUT2D eigenvalue weighted by Crippen LogP contribution is -1.89. The standard InChI is InChI=1S/C14H20S/c1-12(2)8-7-11-15-13(3)14-9-5-4-6-10-14/h4-6,9-10,12H,3,7-8,11H2,1-2H3. The van der Waals surface area contributed by atoms with E-state index in [4.69, 9.17) is 0 Å². The summed E-state index contributed by atoms with van der Waals surface area (Å²) in [6, 6.07) is 10.4. The zero-order valence-corrected chi connectivity index (χ0v) is 10.5. The molecule has 0 spiro atoms. The summed E-state index contributed by atoms with van der Waals surface area (Å²) in [5, 5.41) is 0. The highest BCUT2D eigenvalue weighted by Crippen LogP contribution is 2.26. The van der Waals surface area contributed by atoms with E-state index in [-0.39, 0.29) is 0 Å². The molecule has 0 aliphatic carbocycles. The van der Waals surface area contributed by atoms with Crippen LogP contribution in [0.15, 0.2) is 36.9 Å². The van der Waals surface area contributed by atoms with E-state index in [1.165, 1.54) is 29.1 Å². The summed E-state index contributed by atoms with van der Waals surface area (Å²) in [7, 11) is 0. The number of rotatable bonds is 6. The Hall–Kier alpha value is -0.690. The van der Waals surface area contributed by atoms with Crippen molar-refractivity contribution in [2.24, 2.45) is 5.92 Å². The third kappa shape index (κ3) is 5.08. The molecule has 0 aliphatic rings. The van der Waals surface area contributed by atoms with Crippen molar-refractivity contribution in [3.63, 3.8) is 0 Å². The molecule has 0 amide bonds. The first kappa shape index (κ1) is 12.4. The fourth-order valence-electron chi connectivity index (χ4n) is 1.39. The molecule has 0 heterocycles. The molecular weight excluding hydrogens is 200 g/mol. The van der Waals surface area contributed by atoms with E-state index in [9.17, 15) is 0 Å². The van der Waals surface area contributed by atoms with Crippen molar-refractivity contribution in [2.45, 2.75) is 26.7 Å². The van der Waals surface area contributed by atoms with Gasteiger partial charge in [-0.3, -0.25) is 0 Å². The van der Waals surface area contributed by atoms with Gasteiger partial charge in [0.1, 0.15) is 0 Å². The Kier molecular flexibility index (Phi) is 5.56. The molecule has 0 fully saturated rings. The third-order valence-corrected chi connectivity index (χ3v) is 3.37. The van der Waals surface area contributed by atoms with E-state index in [1.54, 1.807) is 0 Å². The van der Waals surface area contributed by atoms with Crippen LogP contribution in [0.1, 0.15) is 32.3 Å². The predicted molar refractivity (Wildman–Crippen MR) is 72.0 cm³/mol. The van der Waals surface area contributed by atoms with Gasteiger partial charge >= 0.3 is 0 Å². The number of thioether (sulfide) groups is 1. The highest BCUT2D eigenvalue weighted by atomic mass is 32.2. The molecule has 1 aromatic carbocycles. The number of hydrogen-bond donors (Lipinski definition) is 0. The van der Waals surface area contributed by atoms with Gasteiger partial charge in [0.2, 0.25) is 0 Å². The fraction of sp³-hybridized carbons (Fsp3) is 0.429. The Balaban J connectivity index is 2.25. The Bertz CT molecular complexity index is 287. The van der Waals surface area contributed by atoms with Gasteiger partial charge in [-0.25, -0.2) is 0 Å². The second-order valence-electron chi connectivity index (χ2n) is 4.17. The van der Waals surface area contributed by atoms with Gasteiger partial charge in [0.25, 0.3) is 0 Å². The summed E-state index contributed by atoms with van der Waals surface area (Å²) in [5.74, 6) is 2.00. The lowest BCUT2D eigenvalue weighted by atomic mass is 10.1. The third-order valence-electron chi connectivity index (χ3n) is 2.30. The summed E-state index contributed by atoms with van der Waals surface area (Å²) in [5.41, 5.74) is 1.26. The monoisotopic (exact) mass is 220 g/mol. The quantitative estimate of drug-likeness (QED) is 0.619. The average molecular weight is 220 g/mol. The maximum absolute atomic E-state index is 4.10. The molecule has 0 radical (unpaired) electrons. The molecule has 0 aliphatic heterocycles. The van der Waals surface area contributed by atoms with Crippen LogP contribution in [0.4, 0.5) is 0 Å². The van der Waals surface area contributed by atoms with Crippen LogP contribution in [0.25, 0.3) is 4.91 Å². The Morgan fingerprint density at radius 3 is 2.53 bits per heavy atom. The van der Waals surface area contributed by atoms with E-state index in [1.807, 2.05) is 17.8 Å². The summed E-state index contributed by atoms with van der Waals surface area (Å²) in [6.45, 7) is 8.65. The van der Waals surface area contributed by atoms with Gasteiger partial charge in [-0.2, -0.15) is 0 Å². The van der Waals surface area contributed by atoms with Crippen molar-refractivity contribution >= 4 is 16.7 Å². The second kappa shape index (κ2) is 6.73. The van der Waals surface area contributed by atoms with Gasteiger partial charge in [0.05, 0.1) is 0 Å². The first-order valence-electron chi connectivity index (χ1n) is 5.57. The van der Waals surface area contributed by atoms with Crippen molar-refractivity contribution in [2.75, 3.05) is 5.75 Å². The SMILES string of the molecule is C=C(SCCCC(C)C)c1ccccc1. The van der Waals surface area contributed by atoms with Crippen LogP contribution >= 0.6 is 11.8 Å². The smallest absolute Gasteiger partial charge is 0.00725 e. The molecule has 0 nitrogen and oxygen atoms in total. The van der Waals surface area contributed by atoms with Crippen LogP contribution in [0, 0.1) is 5.92 Å². The minimum absolute atomic E-state index is 0.815. The summed E-state index contributed by atoms with van der Waals surface area (Å²) >= 11 is 1.88. The molecule has 1 rings (SSSR count). The van der Waals surface area contributed by atoms with Crippen LogP contribution in [0.2, 0.25) is 0 Å². The summed E-state index contributed by atoms with van der Waals surface area (Å²) in [6.07, 6.45) is 2.60. The van der Waals surface area contributed by atoms with Gasteiger partial charge < -0.3 is 0 Å². The molecule has 1 heteroatoms. The lowest BCUT2D eigenvalue weighted by Gasteiger charge is -2.06. The minimum atomic E-state index is 0.815. The van der Waals surface area contributed by atoms with Gasteiger partial charge in [0, 0.05) is 4.91 Å². The van der Waals surface area contributed by atoms with Gasteiger partial charge in [-0.05, 0) is 23.7 Å². The maximum Gasteiger partial charge on any atom is 0.00725 e.